The van der Waals surface area contributed by atoms with E-state index in [4.69, 9.17) is 11.5 Å². The van der Waals surface area contributed by atoms with Crippen LogP contribution in [0.5, 0.6) is 0 Å². The summed E-state index contributed by atoms with van der Waals surface area (Å²) in [6.07, 6.45) is 10.6. The first-order valence-corrected chi connectivity index (χ1v) is 8.34. The van der Waals surface area contributed by atoms with Crippen LogP contribution in [-0.2, 0) is 14.4 Å². The molecule has 0 saturated heterocycles. The molecule has 0 aromatic rings. The van der Waals surface area contributed by atoms with Gasteiger partial charge in [0.1, 0.15) is 6.04 Å². The van der Waals surface area contributed by atoms with E-state index in [1.54, 1.807) is 0 Å². The molecule has 0 bridgehead atoms. The van der Waals surface area contributed by atoms with Crippen molar-refractivity contribution in [3.63, 3.8) is 0 Å². The first-order valence-electron chi connectivity index (χ1n) is 8.34. The van der Waals surface area contributed by atoms with Crippen molar-refractivity contribution in [2.75, 3.05) is 0 Å². The fourth-order valence-electron chi connectivity index (χ4n) is 2.29. The molecule has 1 unspecified atom stereocenters. The Morgan fingerprint density at radius 3 is 1.82 bits per heavy atom. The Hall–Kier alpha value is -1.59. The van der Waals surface area contributed by atoms with E-state index >= 15 is 0 Å². The van der Waals surface area contributed by atoms with Crippen LogP contribution in [0.4, 0.5) is 0 Å². The van der Waals surface area contributed by atoms with Gasteiger partial charge in [-0.05, 0) is 6.42 Å². The number of carbonyl (C=O) groups excluding carboxylic acids is 3. The maximum atomic E-state index is 11.7. The fourth-order valence-corrected chi connectivity index (χ4v) is 2.29. The van der Waals surface area contributed by atoms with Gasteiger partial charge in [0.2, 0.25) is 17.7 Å². The molecule has 5 N–H and O–H groups in total. The molecule has 1 atom stereocenters. The summed E-state index contributed by atoms with van der Waals surface area (Å²) in [6, 6.07) is -0.997. The molecular formula is C16H31N3O3. The summed E-state index contributed by atoms with van der Waals surface area (Å²) in [7, 11) is 0. The predicted molar refractivity (Wildman–Crippen MR) is 86.8 cm³/mol. The normalized spacial score (nSPS) is 11.9. The van der Waals surface area contributed by atoms with Crippen molar-refractivity contribution in [2.45, 2.75) is 83.6 Å². The summed E-state index contributed by atoms with van der Waals surface area (Å²) < 4.78 is 0. The van der Waals surface area contributed by atoms with Gasteiger partial charge in [0.05, 0.1) is 6.42 Å². The maximum absolute atomic E-state index is 11.7. The molecule has 0 aromatic heterocycles. The molecule has 3 amide bonds. The molecule has 0 aliphatic heterocycles. The van der Waals surface area contributed by atoms with Crippen LogP contribution in [0.1, 0.15) is 77.6 Å². The number of primary amides is 2. The van der Waals surface area contributed by atoms with E-state index in [-0.39, 0.29) is 12.3 Å². The minimum Gasteiger partial charge on any atom is -0.370 e. The van der Waals surface area contributed by atoms with Crippen molar-refractivity contribution in [3.8, 4) is 0 Å². The minimum absolute atomic E-state index is 0.251. The van der Waals surface area contributed by atoms with Crippen LogP contribution in [0.25, 0.3) is 0 Å². The smallest absolute Gasteiger partial charge is 0.240 e. The number of nitrogens with two attached hydrogens (primary N) is 2. The molecule has 6 heteroatoms. The highest BCUT2D eigenvalue weighted by Crippen LogP contribution is 2.10. The van der Waals surface area contributed by atoms with Gasteiger partial charge in [0.25, 0.3) is 0 Å². The largest absolute Gasteiger partial charge is 0.370 e. The summed E-state index contributed by atoms with van der Waals surface area (Å²) >= 11 is 0. The van der Waals surface area contributed by atoms with E-state index in [1.807, 2.05) is 0 Å². The van der Waals surface area contributed by atoms with Crippen molar-refractivity contribution in [1.29, 1.82) is 0 Å². The second-order valence-corrected chi connectivity index (χ2v) is 5.77. The van der Waals surface area contributed by atoms with Gasteiger partial charge in [-0.2, -0.15) is 0 Å². The predicted octanol–water partition coefficient (Wildman–Crippen LogP) is 1.75. The minimum atomic E-state index is -0.997. The molecule has 0 radical (unpaired) electrons. The SMILES string of the molecule is CCCCCCCCCCCC(=O)NC(CC(N)=O)C(N)=O. The van der Waals surface area contributed by atoms with Gasteiger partial charge in [0.15, 0.2) is 0 Å². The third-order valence-corrected chi connectivity index (χ3v) is 3.59. The molecule has 0 fully saturated rings. The van der Waals surface area contributed by atoms with Gasteiger partial charge in [-0.1, -0.05) is 58.3 Å². The molecule has 0 rings (SSSR count). The van der Waals surface area contributed by atoms with E-state index in [0.717, 1.165) is 19.3 Å². The average Bonchev–Trinajstić information content (AvgIpc) is 2.44. The lowest BCUT2D eigenvalue weighted by molar-refractivity contribution is -0.129. The molecule has 0 aromatic carbocycles. The molecule has 0 heterocycles. The Bertz CT molecular complexity index is 346. The lowest BCUT2D eigenvalue weighted by Crippen LogP contribution is -2.46. The molecule has 128 valence electrons. The molecule has 0 spiro atoms. The maximum Gasteiger partial charge on any atom is 0.240 e. The summed E-state index contributed by atoms with van der Waals surface area (Å²) in [6.45, 7) is 2.21. The third kappa shape index (κ3) is 12.2. The zero-order valence-corrected chi connectivity index (χ0v) is 13.7. The third-order valence-electron chi connectivity index (χ3n) is 3.59. The number of carbonyl (C=O) groups is 3. The van der Waals surface area contributed by atoms with E-state index in [1.165, 1.54) is 38.5 Å². The lowest BCUT2D eigenvalue weighted by atomic mass is 10.1. The summed E-state index contributed by atoms with van der Waals surface area (Å²) in [5.41, 5.74) is 10.1. The number of nitrogens with one attached hydrogen (secondary N) is 1. The zero-order valence-electron chi connectivity index (χ0n) is 13.7. The highest BCUT2D eigenvalue weighted by Gasteiger charge is 2.19. The van der Waals surface area contributed by atoms with Gasteiger partial charge >= 0.3 is 0 Å². The van der Waals surface area contributed by atoms with Gasteiger partial charge in [-0.15, -0.1) is 0 Å². The van der Waals surface area contributed by atoms with Crippen molar-refractivity contribution in [1.82, 2.24) is 5.32 Å². The van der Waals surface area contributed by atoms with Crippen LogP contribution in [0.2, 0.25) is 0 Å². The van der Waals surface area contributed by atoms with Crippen LogP contribution in [0, 0.1) is 0 Å². The molecule has 0 aliphatic carbocycles. The highest BCUT2D eigenvalue weighted by molar-refractivity contribution is 5.90. The van der Waals surface area contributed by atoms with Crippen LogP contribution < -0.4 is 16.8 Å². The van der Waals surface area contributed by atoms with Crippen LogP contribution in [-0.4, -0.2) is 23.8 Å². The van der Waals surface area contributed by atoms with Gasteiger partial charge in [-0.25, -0.2) is 0 Å². The van der Waals surface area contributed by atoms with Crippen molar-refractivity contribution >= 4 is 17.7 Å². The second-order valence-electron chi connectivity index (χ2n) is 5.77. The standard InChI is InChI=1S/C16H31N3O3/c1-2-3-4-5-6-7-8-9-10-11-15(21)19-13(16(18)22)12-14(17)20/h13H,2-12H2,1H3,(H2,17,20)(H2,18,22)(H,19,21). The Balaban J connectivity index is 3.63. The number of unbranched alkanes of at least 4 members (excludes halogenated alkanes) is 8. The quantitative estimate of drug-likeness (QED) is 0.424. The topological polar surface area (TPSA) is 115 Å². The van der Waals surface area contributed by atoms with Crippen LogP contribution >= 0.6 is 0 Å². The highest BCUT2D eigenvalue weighted by atomic mass is 16.2. The van der Waals surface area contributed by atoms with Crippen LogP contribution in [0.3, 0.4) is 0 Å². The lowest BCUT2D eigenvalue weighted by Gasteiger charge is -2.13. The van der Waals surface area contributed by atoms with E-state index in [9.17, 15) is 14.4 Å². The van der Waals surface area contributed by atoms with Crippen molar-refractivity contribution in [2.24, 2.45) is 11.5 Å². The van der Waals surface area contributed by atoms with Gasteiger partial charge < -0.3 is 16.8 Å². The van der Waals surface area contributed by atoms with Crippen LogP contribution in [0.15, 0.2) is 0 Å². The van der Waals surface area contributed by atoms with E-state index in [2.05, 4.69) is 12.2 Å². The second kappa shape index (κ2) is 13.1. The number of rotatable bonds is 14. The summed E-state index contributed by atoms with van der Waals surface area (Å²) in [4.78, 5) is 33.6. The Morgan fingerprint density at radius 2 is 1.36 bits per heavy atom. The molecule has 0 aliphatic rings. The molecule has 6 nitrogen and oxygen atoms in total. The monoisotopic (exact) mass is 313 g/mol. The Kier molecular flexibility index (Phi) is 12.2. The zero-order chi connectivity index (χ0) is 16.8. The van der Waals surface area contributed by atoms with Gasteiger partial charge in [0, 0.05) is 6.42 Å². The van der Waals surface area contributed by atoms with E-state index in [0.29, 0.717) is 6.42 Å². The first kappa shape index (κ1) is 20.4. The Morgan fingerprint density at radius 1 is 0.864 bits per heavy atom. The van der Waals surface area contributed by atoms with Crippen molar-refractivity contribution in [3.05, 3.63) is 0 Å². The van der Waals surface area contributed by atoms with Gasteiger partial charge in [-0.3, -0.25) is 14.4 Å². The molecule has 22 heavy (non-hydrogen) atoms. The number of amides is 3. The number of hydrogen-bond donors (Lipinski definition) is 3. The number of hydrogen-bond acceptors (Lipinski definition) is 3. The average molecular weight is 313 g/mol. The summed E-state index contributed by atoms with van der Waals surface area (Å²) in [5.74, 6) is -1.65. The summed E-state index contributed by atoms with van der Waals surface area (Å²) in [5, 5.41) is 2.46. The molecule has 0 saturated carbocycles. The Labute approximate surface area is 133 Å². The fraction of sp³-hybridized carbons (Fsp3) is 0.812. The van der Waals surface area contributed by atoms with Crippen molar-refractivity contribution < 1.29 is 14.4 Å². The first-order chi connectivity index (χ1) is 10.5. The molecular weight excluding hydrogens is 282 g/mol. The van der Waals surface area contributed by atoms with E-state index < -0.39 is 17.9 Å².